The summed E-state index contributed by atoms with van der Waals surface area (Å²) in [6.45, 7) is 4.39. The lowest BCUT2D eigenvalue weighted by atomic mass is 8.93. The van der Waals surface area contributed by atoms with Crippen molar-refractivity contribution < 1.29 is 0 Å². The van der Waals surface area contributed by atoms with Gasteiger partial charge >= 0.3 is 0 Å². The Labute approximate surface area is 43.0 Å². The molecular formula is C2H6B4. The van der Waals surface area contributed by atoms with Crippen molar-refractivity contribution in [1.82, 2.24) is 0 Å². The van der Waals surface area contributed by atoms with Crippen molar-refractivity contribution in [2.45, 2.75) is 13.6 Å². The highest BCUT2D eigenvalue weighted by Gasteiger charge is 2.02. The first-order valence-corrected chi connectivity index (χ1v) is 2.15. The molecule has 0 rings (SSSR count). The highest BCUT2D eigenvalue weighted by Crippen LogP contribution is 1.76. The van der Waals surface area contributed by atoms with Gasteiger partial charge in [0, 0.05) is 21.9 Å². The largest absolute Gasteiger partial charge is 0.0937 e. The van der Waals surface area contributed by atoms with Gasteiger partial charge in [-0.15, -0.1) is 0 Å². The van der Waals surface area contributed by atoms with Crippen molar-refractivity contribution in [3.05, 3.63) is 0 Å². The van der Waals surface area contributed by atoms with Gasteiger partial charge in [-0.2, -0.15) is 0 Å². The van der Waals surface area contributed by atoms with Gasteiger partial charge in [0.05, 0.1) is 6.60 Å². The fourth-order valence-electron chi connectivity index (χ4n) is 0. The third kappa shape index (κ3) is 2.49. The zero-order valence-corrected chi connectivity index (χ0v) is 4.31. The van der Waals surface area contributed by atoms with Crippen LogP contribution in [0, 0.1) is 0 Å². The first-order chi connectivity index (χ1) is 2.64. The molecule has 0 aromatic carbocycles. The highest BCUT2D eigenvalue weighted by atomic mass is 13.2. The lowest BCUT2D eigenvalue weighted by Gasteiger charge is -1.98. The van der Waals surface area contributed by atoms with E-state index < -0.39 is 0 Å². The molecule has 0 heterocycles. The maximum absolute atomic E-state index is 5.21. The van der Waals surface area contributed by atoms with E-state index >= 15 is 0 Å². The molecule has 0 aromatic rings. The summed E-state index contributed by atoms with van der Waals surface area (Å²) >= 11 is 0. The van der Waals surface area contributed by atoms with E-state index in [2.05, 4.69) is 0 Å². The van der Waals surface area contributed by atoms with Crippen molar-refractivity contribution in [3.8, 4) is 0 Å². The molecule has 0 unspecified atom stereocenters. The summed E-state index contributed by atoms with van der Waals surface area (Å²) < 4.78 is 0. The topological polar surface area (TPSA) is 0 Å². The molecule has 0 spiro atoms. The summed E-state index contributed by atoms with van der Waals surface area (Å²) in [6, 6.07) is 0. The zero-order valence-electron chi connectivity index (χ0n) is 4.31. The molecule has 0 aliphatic heterocycles. The maximum Gasteiger partial charge on any atom is 0.0835 e. The van der Waals surface area contributed by atoms with Crippen LogP contribution in [0.1, 0.15) is 0 Å². The number of rotatable bonds is 1. The lowest BCUT2D eigenvalue weighted by molar-refractivity contribution is 2.10. The van der Waals surface area contributed by atoms with E-state index in [0.717, 1.165) is 0 Å². The smallest absolute Gasteiger partial charge is 0.0835 e. The summed E-state index contributed by atoms with van der Waals surface area (Å²) in [5, 5.41) is 0. The average Bonchev–Trinajstić information content (AvgIpc) is 1.36. The van der Waals surface area contributed by atoms with Crippen molar-refractivity contribution in [2.24, 2.45) is 0 Å². The third-order valence-corrected chi connectivity index (χ3v) is 0.770. The minimum Gasteiger partial charge on any atom is -0.0937 e. The molecular weight excluding hydrogens is 67.3 g/mol. The first-order valence-electron chi connectivity index (χ1n) is 2.15. The summed E-state index contributed by atoms with van der Waals surface area (Å²) in [5.41, 5.74) is 0. The fourth-order valence-corrected chi connectivity index (χ4v) is 0. The normalized spacial score (nSPS) is 7.67. The van der Waals surface area contributed by atoms with Gasteiger partial charge in [0.15, 0.2) is 0 Å². The van der Waals surface area contributed by atoms with Crippen LogP contribution in [0.25, 0.3) is 0 Å². The molecule has 4 radical (unpaired) electrons. The quantitative estimate of drug-likeness (QED) is 0.372. The highest BCUT2D eigenvalue weighted by molar-refractivity contribution is 7.57. The molecule has 4 heteroatoms. The standard InChI is InChI=1S/C2H6B4/c1-5(2)6(3)4/h1-2H3. The van der Waals surface area contributed by atoms with Crippen LogP contribution in [-0.4, -0.2) is 28.5 Å². The number of hydrogen-bond acceptors (Lipinski definition) is 0. The van der Waals surface area contributed by atoms with Gasteiger partial charge in [0.25, 0.3) is 0 Å². The van der Waals surface area contributed by atoms with Gasteiger partial charge in [0.2, 0.25) is 0 Å². The second-order valence-corrected chi connectivity index (χ2v) is 1.82. The van der Waals surface area contributed by atoms with Crippen LogP contribution in [0.2, 0.25) is 13.6 Å². The maximum atomic E-state index is 5.21. The minimum atomic E-state index is -0.148. The molecule has 0 aliphatic carbocycles. The van der Waals surface area contributed by atoms with Crippen LogP contribution in [-0.2, 0) is 0 Å². The van der Waals surface area contributed by atoms with Gasteiger partial charge in [-0.3, -0.25) is 0 Å². The SMILES string of the molecule is [B]B([B])B(C)C. The van der Waals surface area contributed by atoms with E-state index in [-0.39, 0.29) is 6.39 Å². The van der Waals surface area contributed by atoms with Crippen LogP contribution in [0.5, 0.6) is 0 Å². The molecule has 0 N–H and O–H groups in total. The second-order valence-electron chi connectivity index (χ2n) is 1.82. The molecule has 0 atom stereocenters. The fraction of sp³-hybridized carbons (Fsp3) is 1.00. The van der Waals surface area contributed by atoms with Gasteiger partial charge in [0.1, 0.15) is 0 Å². The minimum absolute atomic E-state index is 0.148. The van der Waals surface area contributed by atoms with Crippen molar-refractivity contribution in [3.63, 3.8) is 0 Å². The molecule has 0 saturated heterocycles. The van der Waals surface area contributed by atoms with Crippen LogP contribution in [0.3, 0.4) is 0 Å². The summed E-state index contributed by atoms with van der Waals surface area (Å²) in [4.78, 5) is 0. The predicted octanol–water partition coefficient (Wildman–Crippen LogP) is -0.356. The molecule has 0 fully saturated rings. The molecule has 0 aromatic heterocycles. The van der Waals surface area contributed by atoms with Crippen LogP contribution >= 0.6 is 0 Å². The van der Waals surface area contributed by atoms with Gasteiger partial charge < -0.3 is 0 Å². The van der Waals surface area contributed by atoms with Crippen molar-refractivity contribution in [1.29, 1.82) is 0 Å². The van der Waals surface area contributed by atoms with Gasteiger partial charge in [-0.05, 0) is 0 Å². The van der Waals surface area contributed by atoms with Gasteiger partial charge in [-0.1, -0.05) is 13.6 Å². The molecule has 0 nitrogen and oxygen atoms in total. The Kier molecular flexibility index (Phi) is 2.54. The lowest BCUT2D eigenvalue weighted by Crippen LogP contribution is -2.30. The molecule has 0 aliphatic rings. The first kappa shape index (κ1) is 6.26. The molecule has 0 saturated carbocycles. The summed E-state index contributed by atoms with van der Waals surface area (Å²) in [5.74, 6) is 0. The van der Waals surface area contributed by atoms with Crippen LogP contribution in [0.4, 0.5) is 0 Å². The molecule has 0 bridgehead atoms. The van der Waals surface area contributed by atoms with E-state index in [1.165, 1.54) is 0 Å². The van der Waals surface area contributed by atoms with E-state index in [4.69, 9.17) is 15.5 Å². The molecule has 0 amide bonds. The Morgan fingerprint density at radius 2 is 1.33 bits per heavy atom. The monoisotopic (exact) mass is 74.1 g/mol. The third-order valence-electron chi connectivity index (χ3n) is 0.770. The van der Waals surface area contributed by atoms with E-state index in [0.29, 0.717) is 6.60 Å². The van der Waals surface area contributed by atoms with E-state index in [9.17, 15) is 0 Å². The van der Waals surface area contributed by atoms with Crippen molar-refractivity contribution >= 4 is 28.5 Å². The van der Waals surface area contributed by atoms with Gasteiger partial charge in [-0.25, -0.2) is 0 Å². The van der Waals surface area contributed by atoms with E-state index in [1.54, 1.807) is 0 Å². The Morgan fingerprint density at radius 1 is 1.17 bits per heavy atom. The van der Waals surface area contributed by atoms with Crippen LogP contribution < -0.4 is 0 Å². The van der Waals surface area contributed by atoms with Crippen LogP contribution in [0.15, 0.2) is 0 Å². The Balaban J connectivity index is 2.99. The molecule has 26 valence electrons. The Morgan fingerprint density at radius 3 is 1.33 bits per heavy atom. The number of hydrogen-bond donors (Lipinski definition) is 0. The Hall–Kier alpha value is 0.260. The summed E-state index contributed by atoms with van der Waals surface area (Å²) in [7, 11) is 10.4. The predicted molar refractivity (Wildman–Crippen MR) is 34.7 cm³/mol. The summed E-state index contributed by atoms with van der Waals surface area (Å²) in [6.07, 6.45) is -0.148. The zero-order chi connectivity index (χ0) is 5.15. The van der Waals surface area contributed by atoms with Crippen molar-refractivity contribution in [2.75, 3.05) is 0 Å². The van der Waals surface area contributed by atoms with E-state index in [1.807, 2.05) is 13.6 Å². The molecule has 6 heavy (non-hydrogen) atoms. The average molecular weight is 73.3 g/mol. The Bertz CT molecular complexity index is 26.5. The second kappa shape index (κ2) is 2.44.